The molecular weight excluding hydrogens is 590 g/mol. The maximum absolute atomic E-state index is 13.2. The molecule has 3 aliphatic rings. The standard InChI is InChI=1S/C21H22ClNO3S.C6H9NO2.C3H7NO.C2H6/c1-15-6-8-16(9-7-15)21(11-12-21)20(24)23-13-10-17(14-23)27(25,26)19-5-3-2-4-18(19)22;1-4(8)6(9)7-5-2-3-5;1-2-4-3-5;1-2/h2-9,17H,10-14H2,1H3;5H,2-3H2,1H3,(H,7,9);3H,2H2,1H3,(H,4,5);1-2H3. The molecule has 2 N–H and O–H groups in total. The molecule has 5 rings (SSSR count). The fourth-order valence-electron chi connectivity index (χ4n) is 4.55. The van der Waals surface area contributed by atoms with E-state index in [4.69, 9.17) is 11.6 Å². The van der Waals surface area contributed by atoms with E-state index in [1.54, 1.807) is 23.1 Å². The minimum Gasteiger partial charge on any atom is -0.359 e. The van der Waals surface area contributed by atoms with E-state index in [0.29, 0.717) is 25.4 Å². The van der Waals surface area contributed by atoms with Crippen LogP contribution in [0.5, 0.6) is 0 Å². The molecule has 2 aromatic rings. The predicted octanol–water partition coefficient (Wildman–Crippen LogP) is 4.39. The molecule has 2 saturated carbocycles. The van der Waals surface area contributed by atoms with Gasteiger partial charge in [-0.2, -0.15) is 0 Å². The number of carbonyl (C=O) groups is 4. The summed E-state index contributed by atoms with van der Waals surface area (Å²) < 4.78 is 25.9. The van der Waals surface area contributed by atoms with E-state index < -0.39 is 32.2 Å². The van der Waals surface area contributed by atoms with Gasteiger partial charge in [-0.3, -0.25) is 19.2 Å². The van der Waals surface area contributed by atoms with E-state index in [2.05, 4.69) is 10.6 Å². The van der Waals surface area contributed by atoms with Crippen LogP contribution in [0.4, 0.5) is 0 Å². The number of hydrogen-bond acceptors (Lipinski definition) is 6. The summed E-state index contributed by atoms with van der Waals surface area (Å²) in [4.78, 5) is 45.2. The Bertz CT molecular complexity index is 1360. The molecule has 1 atom stereocenters. The van der Waals surface area contributed by atoms with Gasteiger partial charge >= 0.3 is 0 Å². The SMILES string of the molecule is CC.CC(=O)C(=O)NC1CC1.CCNC=O.Cc1ccc(C2(C(=O)N3CCC(S(=O)(=O)c4ccccc4Cl)C3)CC2)cc1. The number of likely N-dealkylation sites (tertiary alicyclic amines) is 1. The second kappa shape index (κ2) is 16.6. The summed E-state index contributed by atoms with van der Waals surface area (Å²) in [5, 5.41) is 4.63. The van der Waals surface area contributed by atoms with Gasteiger partial charge in [0.25, 0.3) is 5.91 Å². The Morgan fingerprint density at radius 1 is 1.02 bits per heavy atom. The minimum atomic E-state index is -3.56. The van der Waals surface area contributed by atoms with E-state index >= 15 is 0 Å². The monoisotopic (exact) mass is 633 g/mol. The van der Waals surface area contributed by atoms with Gasteiger partial charge in [-0.05, 0) is 63.6 Å². The average molecular weight is 634 g/mol. The van der Waals surface area contributed by atoms with Crippen LogP contribution in [0.15, 0.2) is 53.4 Å². The summed E-state index contributed by atoms with van der Waals surface area (Å²) in [6, 6.07) is 14.9. The highest BCUT2D eigenvalue weighted by molar-refractivity contribution is 7.92. The van der Waals surface area contributed by atoms with E-state index in [0.717, 1.165) is 43.4 Å². The van der Waals surface area contributed by atoms with Gasteiger partial charge in [-0.15, -0.1) is 0 Å². The van der Waals surface area contributed by atoms with Crippen LogP contribution in [0.25, 0.3) is 0 Å². The molecule has 43 heavy (non-hydrogen) atoms. The van der Waals surface area contributed by atoms with Crippen molar-refractivity contribution in [3.63, 3.8) is 0 Å². The lowest BCUT2D eigenvalue weighted by Crippen LogP contribution is -2.39. The highest BCUT2D eigenvalue weighted by atomic mass is 35.5. The lowest BCUT2D eigenvalue weighted by Gasteiger charge is -2.24. The second-order valence-electron chi connectivity index (χ2n) is 10.6. The quantitative estimate of drug-likeness (QED) is 0.328. The maximum atomic E-state index is 13.2. The number of benzene rings is 2. The van der Waals surface area contributed by atoms with Crippen LogP contribution in [-0.4, -0.2) is 68.3 Å². The van der Waals surface area contributed by atoms with Crippen LogP contribution in [0, 0.1) is 6.92 Å². The number of Topliss-reactive ketones (excluding diaryl/α,β-unsaturated/α-hetero) is 1. The molecule has 1 saturated heterocycles. The Kier molecular flexibility index (Phi) is 13.9. The van der Waals surface area contributed by atoms with E-state index in [9.17, 15) is 27.6 Å². The molecule has 0 radical (unpaired) electrons. The molecule has 0 aromatic heterocycles. The first-order valence-corrected chi connectivity index (χ1v) is 16.7. The lowest BCUT2D eigenvalue weighted by molar-refractivity contribution is -0.136. The first-order chi connectivity index (χ1) is 20.5. The molecule has 3 amide bonds. The minimum absolute atomic E-state index is 0.0585. The van der Waals surface area contributed by atoms with E-state index in [1.807, 2.05) is 52.0 Å². The molecule has 236 valence electrons. The molecule has 1 heterocycles. The van der Waals surface area contributed by atoms with Crippen LogP contribution in [0.3, 0.4) is 0 Å². The van der Waals surface area contributed by atoms with E-state index in [-0.39, 0.29) is 22.4 Å². The number of aryl methyl sites for hydroxylation is 1. The van der Waals surface area contributed by atoms with Gasteiger partial charge in [0.05, 0.1) is 20.6 Å². The van der Waals surface area contributed by atoms with Gasteiger partial charge in [-0.1, -0.05) is 67.4 Å². The van der Waals surface area contributed by atoms with Gasteiger partial charge in [0.15, 0.2) is 9.84 Å². The van der Waals surface area contributed by atoms with Crippen LogP contribution in [0.1, 0.15) is 70.9 Å². The van der Waals surface area contributed by atoms with Gasteiger partial charge < -0.3 is 15.5 Å². The Labute approximate surface area is 260 Å². The first-order valence-electron chi connectivity index (χ1n) is 14.8. The van der Waals surface area contributed by atoms with Crippen molar-refractivity contribution in [2.75, 3.05) is 19.6 Å². The van der Waals surface area contributed by atoms with Gasteiger partial charge in [0, 0.05) is 32.6 Å². The zero-order chi connectivity index (χ0) is 32.2. The molecule has 2 aliphatic carbocycles. The fourth-order valence-corrected chi connectivity index (χ4v) is 6.76. The van der Waals surface area contributed by atoms with Crippen molar-refractivity contribution in [3.8, 4) is 0 Å². The van der Waals surface area contributed by atoms with Crippen molar-refractivity contribution in [1.29, 1.82) is 0 Å². The van der Waals surface area contributed by atoms with Crippen LogP contribution in [0.2, 0.25) is 5.02 Å². The molecule has 9 nitrogen and oxygen atoms in total. The largest absolute Gasteiger partial charge is 0.359 e. The van der Waals surface area contributed by atoms with Crippen molar-refractivity contribution in [1.82, 2.24) is 15.5 Å². The first kappa shape index (κ1) is 36.0. The summed E-state index contributed by atoms with van der Waals surface area (Å²) in [5.41, 5.74) is 1.74. The van der Waals surface area contributed by atoms with Crippen molar-refractivity contribution < 1.29 is 27.6 Å². The molecule has 0 spiro atoms. The highest BCUT2D eigenvalue weighted by Gasteiger charge is 2.54. The Morgan fingerprint density at radius 3 is 2.09 bits per heavy atom. The molecule has 3 fully saturated rings. The summed E-state index contributed by atoms with van der Waals surface area (Å²) in [7, 11) is -3.56. The zero-order valence-electron chi connectivity index (χ0n) is 25.7. The molecule has 1 unspecified atom stereocenters. The summed E-state index contributed by atoms with van der Waals surface area (Å²) >= 11 is 6.10. The fraction of sp³-hybridized carbons (Fsp3) is 0.500. The third-order valence-corrected chi connectivity index (χ3v) is 9.97. The molecule has 11 heteroatoms. The third-order valence-electron chi connectivity index (χ3n) is 7.30. The average Bonchev–Trinajstić information content (AvgIpc) is 3.93. The zero-order valence-corrected chi connectivity index (χ0v) is 27.3. The summed E-state index contributed by atoms with van der Waals surface area (Å²) in [5.74, 6) is -0.789. The number of halogens is 1. The van der Waals surface area contributed by atoms with Gasteiger partial charge in [0.2, 0.25) is 18.1 Å². The van der Waals surface area contributed by atoms with E-state index in [1.165, 1.54) is 13.0 Å². The highest BCUT2D eigenvalue weighted by Crippen LogP contribution is 2.50. The van der Waals surface area contributed by atoms with Crippen molar-refractivity contribution in [2.24, 2.45) is 0 Å². The smallest absolute Gasteiger partial charge is 0.287 e. The third kappa shape index (κ3) is 9.89. The van der Waals surface area contributed by atoms with Crippen molar-refractivity contribution in [3.05, 3.63) is 64.7 Å². The van der Waals surface area contributed by atoms with Crippen LogP contribution >= 0.6 is 11.6 Å². The Balaban J connectivity index is 0.000000333. The number of hydrogen-bond donors (Lipinski definition) is 2. The molecule has 2 aromatic carbocycles. The number of sulfone groups is 1. The molecule has 0 bridgehead atoms. The number of ketones is 1. The number of nitrogens with one attached hydrogen (secondary N) is 2. The van der Waals surface area contributed by atoms with Gasteiger partial charge in [0.1, 0.15) is 0 Å². The summed E-state index contributed by atoms with van der Waals surface area (Å²) in [6.07, 6.45) is 4.84. The molecule has 1 aliphatic heterocycles. The summed E-state index contributed by atoms with van der Waals surface area (Å²) in [6.45, 7) is 10.6. The number of nitrogens with zero attached hydrogens (tertiary/aromatic N) is 1. The Morgan fingerprint density at radius 2 is 1.63 bits per heavy atom. The number of rotatable bonds is 8. The Hall–Kier alpha value is -3.24. The molecular formula is C32H44ClN3O6S. The van der Waals surface area contributed by atoms with Crippen LogP contribution in [-0.2, 0) is 34.4 Å². The van der Waals surface area contributed by atoms with Crippen molar-refractivity contribution >= 4 is 45.4 Å². The number of amides is 3. The lowest BCUT2D eigenvalue weighted by atomic mass is 9.93. The normalized spacial score (nSPS) is 17.8. The predicted molar refractivity (Wildman–Crippen MR) is 169 cm³/mol. The maximum Gasteiger partial charge on any atom is 0.287 e. The van der Waals surface area contributed by atoms with Crippen molar-refractivity contribution in [2.45, 2.75) is 88.3 Å². The topological polar surface area (TPSA) is 130 Å². The number of carbonyl (C=O) groups excluding carboxylic acids is 4. The second-order valence-corrected chi connectivity index (χ2v) is 13.2. The van der Waals surface area contributed by atoms with Gasteiger partial charge in [-0.25, -0.2) is 8.42 Å². The van der Waals surface area contributed by atoms with Crippen LogP contribution < -0.4 is 10.6 Å².